The van der Waals surface area contributed by atoms with Crippen molar-refractivity contribution in [3.8, 4) is 0 Å². The normalized spacial score (nSPS) is 18.1. The van der Waals surface area contributed by atoms with Gasteiger partial charge in [0.1, 0.15) is 5.82 Å². The summed E-state index contributed by atoms with van der Waals surface area (Å²) in [4.78, 5) is 14.2. The number of hydrogen-bond donors (Lipinski definition) is 1. The van der Waals surface area contributed by atoms with Crippen LogP contribution in [0, 0.1) is 11.2 Å². The first-order valence-electron chi connectivity index (χ1n) is 7.35. The van der Waals surface area contributed by atoms with Gasteiger partial charge in [-0.15, -0.1) is 0 Å². The third-order valence-electron chi connectivity index (χ3n) is 4.86. The topological polar surface area (TPSA) is 46.3 Å². The average Bonchev–Trinajstić information content (AvgIpc) is 2.49. The molecule has 4 heteroatoms. The molecule has 0 unspecified atom stereocenters. The molecule has 2 N–H and O–H groups in total. The van der Waals surface area contributed by atoms with Crippen LogP contribution in [0.25, 0.3) is 0 Å². The standard InChI is InChI=1S/C16H23FN2O/c1-3-16(4-2)7-9-19(10-8-16)15(20)13-11-12(17)5-6-14(13)18/h5-6,11H,3-4,7-10,18H2,1-2H3. The maximum atomic E-state index is 13.3. The number of halogens is 1. The summed E-state index contributed by atoms with van der Waals surface area (Å²) in [6.45, 7) is 5.89. The largest absolute Gasteiger partial charge is 0.398 e. The van der Waals surface area contributed by atoms with Gasteiger partial charge in [0, 0.05) is 18.8 Å². The van der Waals surface area contributed by atoms with Crippen molar-refractivity contribution < 1.29 is 9.18 Å². The van der Waals surface area contributed by atoms with Crippen LogP contribution in [-0.2, 0) is 0 Å². The molecule has 0 aromatic heterocycles. The maximum absolute atomic E-state index is 13.3. The second kappa shape index (κ2) is 5.81. The number of anilines is 1. The van der Waals surface area contributed by atoms with Crippen molar-refractivity contribution in [3.05, 3.63) is 29.6 Å². The van der Waals surface area contributed by atoms with Crippen molar-refractivity contribution in [2.75, 3.05) is 18.8 Å². The Balaban J connectivity index is 2.10. The molecule has 2 rings (SSSR count). The molecule has 1 amide bonds. The van der Waals surface area contributed by atoms with Gasteiger partial charge in [0.2, 0.25) is 0 Å². The van der Waals surface area contributed by atoms with E-state index in [2.05, 4.69) is 13.8 Å². The first-order chi connectivity index (χ1) is 9.51. The Hall–Kier alpha value is -1.58. The van der Waals surface area contributed by atoms with Crippen molar-refractivity contribution in [1.29, 1.82) is 0 Å². The summed E-state index contributed by atoms with van der Waals surface area (Å²) in [5.41, 5.74) is 6.78. The first kappa shape index (κ1) is 14.8. The summed E-state index contributed by atoms with van der Waals surface area (Å²) in [5, 5.41) is 0. The molecule has 0 atom stereocenters. The van der Waals surface area contributed by atoms with E-state index in [0.29, 0.717) is 11.1 Å². The van der Waals surface area contributed by atoms with Gasteiger partial charge in [0.15, 0.2) is 0 Å². The predicted octanol–water partition coefficient (Wildman–Crippen LogP) is 3.45. The van der Waals surface area contributed by atoms with Gasteiger partial charge in [-0.3, -0.25) is 4.79 Å². The van der Waals surface area contributed by atoms with E-state index in [4.69, 9.17) is 5.73 Å². The number of amides is 1. The fraction of sp³-hybridized carbons (Fsp3) is 0.562. The van der Waals surface area contributed by atoms with Crippen molar-refractivity contribution >= 4 is 11.6 Å². The number of piperidine rings is 1. The molecule has 1 heterocycles. The van der Waals surface area contributed by atoms with E-state index >= 15 is 0 Å². The Labute approximate surface area is 120 Å². The zero-order valence-electron chi connectivity index (χ0n) is 12.3. The van der Waals surface area contributed by atoms with E-state index in [1.54, 1.807) is 4.90 Å². The quantitative estimate of drug-likeness (QED) is 0.861. The van der Waals surface area contributed by atoms with Crippen LogP contribution in [0.1, 0.15) is 49.9 Å². The summed E-state index contributed by atoms with van der Waals surface area (Å²) in [6, 6.07) is 3.97. The van der Waals surface area contributed by atoms with E-state index in [1.807, 2.05) is 0 Å². The minimum atomic E-state index is -0.420. The summed E-state index contributed by atoms with van der Waals surface area (Å²) in [6.07, 6.45) is 4.32. The Bertz CT molecular complexity index is 487. The zero-order chi connectivity index (χ0) is 14.8. The lowest BCUT2D eigenvalue weighted by molar-refractivity contribution is 0.0558. The second-order valence-corrected chi connectivity index (χ2v) is 5.73. The second-order valence-electron chi connectivity index (χ2n) is 5.73. The van der Waals surface area contributed by atoms with Crippen LogP contribution in [0.2, 0.25) is 0 Å². The monoisotopic (exact) mass is 278 g/mol. The molecule has 1 aliphatic heterocycles. The van der Waals surface area contributed by atoms with Crippen molar-refractivity contribution in [2.45, 2.75) is 39.5 Å². The minimum Gasteiger partial charge on any atom is -0.398 e. The van der Waals surface area contributed by atoms with E-state index in [1.165, 1.54) is 18.2 Å². The number of nitrogen functional groups attached to an aromatic ring is 1. The summed E-state index contributed by atoms with van der Waals surface area (Å²) in [5.74, 6) is -0.571. The van der Waals surface area contributed by atoms with Gasteiger partial charge in [-0.2, -0.15) is 0 Å². The van der Waals surface area contributed by atoms with Crippen LogP contribution >= 0.6 is 0 Å². The Morgan fingerprint density at radius 1 is 1.30 bits per heavy atom. The third kappa shape index (κ3) is 2.79. The van der Waals surface area contributed by atoms with Crippen LogP contribution < -0.4 is 5.73 Å². The minimum absolute atomic E-state index is 0.150. The average molecular weight is 278 g/mol. The molecule has 3 nitrogen and oxygen atoms in total. The number of likely N-dealkylation sites (tertiary alicyclic amines) is 1. The molecular formula is C16H23FN2O. The SMILES string of the molecule is CCC1(CC)CCN(C(=O)c2cc(F)ccc2N)CC1. The maximum Gasteiger partial charge on any atom is 0.256 e. The zero-order valence-corrected chi connectivity index (χ0v) is 12.3. The van der Waals surface area contributed by atoms with Gasteiger partial charge < -0.3 is 10.6 Å². The number of carbonyl (C=O) groups excluding carboxylic acids is 1. The Morgan fingerprint density at radius 3 is 2.45 bits per heavy atom. The molecule has 0 bridgehead atoms. The fourth-order valence-corrected chi connectivity index (χ4v) is 3.03. The predicted molar refractivity (Wildman–Crippen MR) is 79.0 cm³/mol. The number of rotatable bonds is 3. The molecule has 1 aliphatic rings. The summed E-state index contributed by atoms with van der Waals surface area (Å²) < 4.78 is 13.3. The molecule has 20 heavy (non-hydrogen) atoms. The fourth-order valence-electron chi connectivity index (χ4n) is 3.03. The van der Waals surface area contributed by atoms with Crippen LogP contribution in [0.4, 0.5) is 10.1 Å². The lowest BCUT2D eigenvalue weighted by Crippen LogP contribution is -2.43. The molecule has 110 valence electrons. The third-order valence-corrected chi connectivity index (χ3v) is 4.86. The van der Waals surface area contributed by atoms with Gasteiger partial charge in [0.05, 0.1) is 5.56 Å². The van der Waals surface area contributed by atoms with Crippen LogP contribution in [-0.4, -0.2) is 23.9 Å². The van der Waals surface area contributed by atoms with Gasteiger partial charge in [0.25, 0.3) is 5.91 Å². The molecule has 1 aromatic rings. The highest BCUT2D eigenvalue weighted by molar-refractivity contribution is 5.99. The molecule has 0 spiro atoms. The lowest BCUT2D eigenvalue weighted by Gasteiger charge is -2.41. The smallest absolute Gasteiger partial charge is 0.256 e. The molecule has 0 aliphatic carbocycles. The highest BCUT2D eigenvalue weighted by Gasteiger charge is 2.33. The van der Waals surface area contributed by atoms with Crippen molar-refractivity contribution in [1.82, 2.24) is 4.90 Å². The van der Waals surface area contributed by atoms with Gasteiger partial charge in [-0.05, 0) is 36.5 Å². The highest BCUT2D eigenvalue weighted by Crippen LogP contribution is 2.38. The number of carbonyl (C=O) groups is 1. The van der Waals surface area contributed by atoms with E-state index in [9.17, 15) is 9.18 Å². The molecule has 0 saturated carbocycles. The van der Waals surface area contributed by atoms with E-state index < -0.39 is 5.82 Å². The summed E-state index contributed by atoms with van der Waals surface area (Å²) in [7, 11) is 0. The first-order valence-corrected chi connectivity index (χ1v) is 7.35. The molecule has 1 aromatic carbocycles. The number of nitrogens with two attached hydrogens (primary N) is 1. The van der Waals surface area contributed by atoms with E-state index in [0.717, 1.165) is 38.8 Å². The van der Waals surface area contributed by atoms with Gasteiger partial charge in [-0.25, -0.2) is 4.39 Å². The number of hydrogen-bond acceptors (Lipinski definition) is 2. The van der Waals surface area contributed by atoms with Crippen LogP contribution in [0.15, 0.2) is 18.2 Å². The van der Waals surface area contributed by atoms with Crippen LogP contribution in [0.5, 0.6) is 0 Å². The molecule has 1 fully saturated rings. The Morgan fingerprint density at radius 2 is 1.90 bits per heavy atom. The molecule has 0 radical (unpaired) electrons. The number of nitrogens with zero attached hydrogens (tertiary/aromatic N) is 1. The van der Waals surface area contributed by atoms with Crippen LogP contribution in [0.3, 0.4) is 0 Å². The highest BCUT2D eigenvalue weighted by atomic mass is 19.1. The Kier molecular flexibility index (Phi) is 4.31. The lowest BCUT2D eigenvalue weighted by atomic mass is 9.74. The number of benzene rings is 1. The molecule has 1 saturated heterocycles. The van der Waals surface area contributed by atoms with Gasteiger partial charge >= 0.3 is 0 Å². The van der Waals surface area contributed by atoms with Crippen molar-refractivity contribution in [3.63, 3.8) is 0 Å². The summed E-state index contributed by atoms with van der Waals surface area (Å²) >= 11 is 0. The molecular weight excluding hydrogens is 255 g/mol. The van der Waals surface area contributed by atoms with Gasteiger partial charge in [-0.1, -0.05) is 26.7 Å². The van der Waals surface area contributed by atoms with Crippen molar-refractivity contribution in [2.24, 2.45) is 5.41 Å². The van der Waals surface area contributed by atoms with E-state index in [-0.39, 0.29) is 11.5 Å².